The number of halogens is 2. The standard InChI is InChI=1S/C16H17F2N3/c1-2-14-13-3-4-19-9-15(13)21-16(20-14)7-10-5-11(17)8-12(18)6-10/h5-6,8,19H,2-4,7,9H2,1H3. The van der Waals surface area contributed by atoms with E-state index in [0.29, 0.717) is 17.8 Å². The number of nitrogens with one attached hydrogen (secondary N) is 1. The monoisotopic (exact) mass is 289 g/mol. The molecule has 0 amide bonds. The van der Waals surface area contributed by atoms with Crippen molar-refractivity contribution in [3.8, 4) is 0 Å². The van der Waals surface area contributed by atoms with Gasteiger partial charge in [-0.2, -0.15) is 0 Å². The Morgan fingerprint density at radius 1 is 1.14 bits per heavy atom. The fourth-order valence-corrected chi connectivity index (χ4v) is 2.76. The summed E-state index contributed by atoms with van der Waals surface area (Å²) in [5.74, 6) is -0.514. The Hall–Kier alpha value is -1.88. The average molecular weight is 289 g/mol. The molecule has 0 bridgehead atoms. The molecule has 0 saturated carbocycles. The average Bonchev–Trinajstić information content (AvgIpc) is 2.45. The van der Waals surface area contributed by atoms with Gasteiger partial charge in [0.2, 0.25) is 0 Å². The second kappa shape index (κ2) is 5.85. The highest BCUT2D eigenvalue weighted by atomic mass is 19.1. The van der Waals surface area contributed by atoms with Crippen LogP contribution in [0.5, 0.6) is 0 Å². The molecule has 3 rings (SSSR count). The molecule has 3 nitrogen and oxygen atoms in total. The first-order valence-corrected chi connectivity index (χ1v) is 7.19. The van der Waals surface area contributed by atoms with E-state index in [2.05, 4.69) is 22.2 Å². The molecule has 0 fully saturated rings. The Bertz CT molecular complexity index is 633. The molecule has 0 aliphatic carbocycles. The zero-order valence-electron chi connectivity index (χ0n) is 11.9. The predicted molar refractivity (Wildman–Crippen MR) is 76.0 cm³/mol. The second-order valence-electron chi connectivity index (χ2n) is 5.25. The molecule has 1 aliphatic heterocycles. The molecule has 0 radical (unpaired) electrons. The second-order valence-corrected chi connectivity index (χ2v) is 5.25. The zero-order chi connectivity index (χ0) is 14.8. The van der Waals surface area contributed by atoms with E-state index in [1.165, 1.54) is 17.7 Å². The van der Waals surface area contributed by atoms with E-state index < -0.39 is 11.6 Å². The van der Waals surface area contributed by atoms with E-state index in [1.54, 1.807) is 0 Å². The van der Waals surface area contributed by atoms with Gasteiger partial charge in [0.25, 0.3) is 0 Å². The van der Waals surface area contributed by atoms with E-state index in [9.17, 15) is 8.78 Å². The van der Waals surface area contributed by atoms with Crippen LogP contribution in [0.15, 0.2) is 18.2 Å². The molecule has 0 saturated heterocycles. The molecule has 1 aromatic carbocycles. The number of fused-ring (bicyclic) bond motifs is 1. The van der Waals surface area contributed by atoms with Crippen LogP contribution in [0.4, 0.5) is 8.78 Å². The van der Waals surface area contributed by atoms with Crippen molar-refractivity contribution in [1.29, 1.82) is 0 Å². The molecule has 0 unspecified atom stereocenters. The van der Waals surface area contributed by atoms with Gasteiger partial charge in [0.1, 0.15) is 17.5 Å². The van der Waals surface area contributed by atoms with Gasteiger partial charge in [-0.25, -0.2) is 18.7 Å². The van der Waals surface area contributed by atoms with Gasteiger partial charge in [0.05, 0.1) is 5.69 Å². The van der Waals surface area contributed by atoms with Gasteiger partial charge >= 0.3 is 0 Å². The topological polar surface area (TPSA) is 37.8 Å². The number of hydrogen-bond donors (Lipinski definition) is 1. The van der Waals surface area contributed by atoms with Crippen LogP contribution in [0.2, 0.25) is 0 Å². The lowest BCUT2D eigenvalue weighted by Crippen LogP contribution is -2.27. The number of aryl methyl sites for hydroxylation is 1. The van der Waals surface area contributed by atoms with Crippen molar-refractivity contribution in [3.63, 3.8) is 0 Å². The maximum Gasteiger partial charge on any atom is 0.133 e. The lowest BCUT2D eigenvalue weighted by Gasteiger charge is -2.19. The first-order chi connectivity index (χ1) is 10.2. The molecule has 1 N–H and O–H groups in total. The zero-order valence-corrected chi connectivity index (χ0v) is 11.9. The molecule has 2 aromatic rings. The Morgan fingerprint density at radius 2 is 1.90 bits per heavy atom. The minimum Gasteiger partial charge on any atom is -0.311 e. The highest BCUT2D eigenvalue weighted by Gasteiger charge is 2.16. The van der Waals surface area contributed by atoms with Gasteiger partial charge in [-0.1, -0.05) is 6.92 Å². The van der Waals surface area contributed by atoms with Crippen molar-refractivity contribution in [2.45, 2.75) is 32.7 Å². The smallest absolute Gasteiger partial charge is 0.133 e. The van der Waals surface area contributed by atoms with Crippen molar-refractivity contribution in [3.05, 3.63) is 58.2 Å². The van der Waals surface area contributed by atoms with Gasteiger partial charge in [-0.15, -0.1) is 0 Å². The quantitative estimate of drug-likeness (QED) is 0.943. The Morgan fingerprint density at radius 3 is 2.62 bits per heavy atom. The number of aromatic nitrogens is 2. The first-order valence-electron chi connectivity index (χ1n) is 7.19. The largest absolute Gasteiger partial charge is 0.311 e. The summed E-state index contributed by atoms with van der Waals surface area (Å²) >= 11 is 0. The van der Waals surface area contributed by atoms with E-state index in [0.717, 1.165) is 43.4 Å². The van der Waals surface area contributed by atoms with Crippen LogP contribution in [0.1, 0.15) is 35.3 Å². The molecule has 21 heavy (non-hydrogen) atoms. The maximum absolute atomic E-state index is 13.3. The number of benzene rings is 1. The summed E-state index contributed by atoms with van der Waals surface area (Å²) in [6, 6.07) is 3.53. The third-order valence-corrected chi connectivity index (χ3v) is 3.69. The fraction of sp³-hybridized carbons (Fsp3) is 0.375. The van der Waals surface area contributed by atoms with Crippen LogP contribution < -0.4 is 5.32 Å². The van der Waals surface area contributed by atoms with Gasteiger partial charge in [-0.05, 0) is 42.6 Å². The fourth-order valence-electron chi connectivity index (χ4n) is 2.76. The van der Waals surface area contributed by atoms with Crippen LogP contribution in [0, 0.1) is 11.6 Å². The maximum atomic E-state index is 13.3. The van der Waals surface area contributed by atoms with E-state index in [-0.39, 0.29) is 0 Å². The molecule has 110 valence electrons. The third kappa shape index (κ3) is 3.08. The number of nitrogens with zero attached hydrogens (tertiary/aromatic N) is 2. The molecular formula is C16H17F2N3. The predicted octanol–water partition coefficient (Wildman–Crippen LogP) is 2.55. The van der Waals surface area contributed by atoms with Gasteiger partial charge in [0, 0.05) is 24.7 Å². The molecule has 0 atom stereocenters. The number of rotatable bonds is 3. The van der Waals surface area contributed by atoms with Crippen molar-refractivity contribution < 1.29 is 8.78 Å². The van der Waals surface area contributed by atoms with Crippen molar-refractivity contribution in [1.82, 2.24) is 15.3 Å². The molecule has 0 spiro atoms. The van der Waals surface area contributed by atoms with E-state index in [1.807, 2.05) is 0 Å². The summed E-state index contributed by atoms with van der Waals surface area (Å²) in [6.07, 6.45) is 2.12. The van der Waals surface area contributed by atoms with Gasteiger partial charge < -0.3 is 5.32 Å². The van der Waals surface area contributed by atoms with Crippen LogP contribution >= 0.6 is 0 Å². The van der Waals surface area contributed by atoms with Crippen LogP contribution in [0.25, 0.3) is 0 Å². The summed E-state index contributed by atoms with van der Waals surface area (Å²) in [7, 11) is 0. The van der Waals surface area contributed by atoms with Crippen molar-refractivity contribution in [2.75, 3.05) is 6.54 Å². The Balaban J connectivity index is 1.95. The first kappa shape index (κ1) is 14.1. The molecule has 5 heteroatoms. The molecule has 2 heterocycles. The van der Waals surface area contributed by atoms with E-state index in [4.69, 9.17) is 0 Å². The summed E-state index contributed by atoms with van der Waals surface area (Å²) in [5.41, 5.74) is 3.84. The summed E-state index contributed by atoms with van der Waals surface area (Å²) < 4.78 is 26.5. The lowest BCUT2D eigenvalue weighted by atomic mass is 10.0. The number of hydrogen-bond acceptors (Lipinski definition) is 3. The lowest BCUT2D eigenvalue weighted by molar-refractivity contribution is 0.579. The molecule has 1 aliphatic rings. The van der Waals surface area contributed by atoms with Crippen molar-refractivity contribution >= 4 is 0 Å². The van der Waals surface area contributed by atoms with Crippen molar-refractivity contribution in [2.24, 2.45) is 0 Å². The summed E-state index contributed by atoms with van der Waals surface area (Å²) in [5, 5.41) is 3.29. The normalized spacial score (nSPS) is 14.0. The van der Waals surface area contributed by atoms with Gasteiger partial charge in [-0.3, -0.25) is 0 Å². The third-order valence-electron chi connectivity index (χ3n) is 3.69. The summed E-state index contributed by atoms with van der Waals surface area (Å²) in [6.45, 7) is 3.74. The SMILES string of the molecule is CCc1nc(Cc2cc(F)cc(F)c2)nc2c1CCNC2. The highest BCUT2D eigenvalue weighted by molar-refractivity contribution is 5.30. The van der Waals surface area contributed by atoms with E-state index >= 15 is 0 Å². The molecule has 1 aromatic heterocycles. The minimum atomic E-state index is -0.569. The molecular weight excluding hydrogens is 272 g/mol. The minimum absolute atomic E-state index is 0.342. The summed E-state index contributed by atoms with van der Waals surface area (Å²) in [4.78, 5) is 9.13. The Kier molecular flexibility index (Phi) is 3.92. The van der Waals surface area contributed by atoms with Crippen LogP contribution in [-0.2, 0) is 25.8 Å². The Labute approximate surface area is 122 Å². The van der Waals surface area contributed by atoms with Crippen LogP contribution in [0.3, 0.4) is 0 Å². The van der Waals surface area contributed by atoms with Gasteiger partial charge in [0.15, 0.2) is 0 Å². The van der Waals surface area contributed by atoms with Crippen LogP contribution in [-0.4, -0.2) is 16.5 Å². The highest BCUT2D eigenvalue weighted by Crippen LogP contribution is 2.18.